The molecule has 3 unspecified atom stereocenters. The summed E-state index contributed by atoms with van der Waals surface area (Å²) in [7, 11) is 1.29. The molecule has 2 heterocycles. The number of hydrogen-bond acceptors (Lipinski definition) is 7. The van der Waals surface area contributed by atoms with Gasteiger partial charge in [0.05, 0.1) is 13.7 Å². The molecule has 1 aromatic carbocycles. The number of rotatable bonds is 7. The first-order valence-corrected chi connectivity index (χ1v) is 11.4. The van der Waals surface area contributed by atoms with E-state index in [1.807, 2.05) is 15.9 Å². The first kappa shape index (κ1) is 31.2. The molecule has 2 fully saturated rings. The van der Waals surface area contributed by atoms with E-state index in [4.69, 9.17) is 9.84 Å². The number of thiol groups is 1. The number of piperidine rings is 1. The number of hydrogen-bond donors (Lipinski definition) is 2. The van der Waals surface area contributed by atoms with E-state index in [2.05, 4.69) is 12.6 Å². The molecule has 196 valence electrons. The fourth-order valence-electron chi connectivity index (χ4n) is 4.27. The lowest BCUT2D eigenvalue weighted by Gasteiger charge is -2.38. The molecule has 3 atom stereocenters. The van der Waals surface area contributed by atoms with Crippen molar-refractivity contribution in [2.45, 2.75) is 30.7 Å². The molecule has 0 aromatic heterocycles. The van der Waals surface area contributed by atoms with E-state index in [0.29, 0.717) is 39.1 Å². The number of ether oxygens (including phenoxy) is 1. The van der Waals surface area contributed by atoms with Crippen LogP contribution in [0.15, 0.2) is 35.9 Å². The van der Waals surface area contributed by atoms with Crippen molar-refractivity contribution in [3.8, 4) is 0 Å². The maximum absolute atomic E-state index is 14.5. The summed E-state index contributed by atoms with van der Waals surface area (Å²) in [4.78, 5) is 41.4. The molecule has 0 radical (unpaired) electrons. The summed E-state index contributed by atoms with van der Waals surface area (Å²) in [5, 5.41) is 9.15. The van der Waals surface area contributed by atoms with Crippen LogP contribution in [-0.2, 0) is 19.1 Å². The number of halogens is 3. The van der Waals surface area contributed by atoms with Crippen molar-refractivity contribution in [1.29, 1.82) is 0 Å². The second kappa shape index (κ2) is 14.0. The summed E-state index contributed by atoms with van der Waals surface area (Å²) in [5.41, 5.74) is 1.26. The lowest BCUT2D eigenvalue weighted by atomic mass is 9.97. The van der Waals surface area contributed by atoms with Crippen LogP contribution < -0.4 is 0 Å². The standard InChI is InChI=1S/C23H30FN3O5S.2ClH/c1-15(22(29)30)27-12-11-25(14-20(27)28)9-7-16-13-26(10-8-19(16)33)21(23(31)32-2)17-5-3-4-6-18(17)24;;/h3-7,15,19,21,33H,8-14H2,1-2H3,(H,29,30);2*1H/b16-7+;;. The Balaban J connectivity index is 0.00000306. The number of carbonyl (C=O) groups is 3. The van der Waals surface area contributed by atoms with Gasteiger partial charge in [-0.1, -0.05) is 24.3 Å². The van der Waals surface area contributed by atoms with Crippen LogP contribution in [0.5, 0.6) is 0 Å². The summed E-state index contributed by atoms with van der Waals surface area (Å²) >= 11 is 4.68. The second-order valence-electron chi connectivity index (χ2n) is 8.34. The minimum Gasteiger partial charge on any atom is -0.480 e. The van der Waals surface area contributed by atoms with Crippen molar-refractivity contribution in [3.05, 3.63) is 47.3 Å². The number of methoxy groups -OCH3 is 1. The molecule has 1 N–H and O–H groups in total. The van der Waals surface area contributed by atoms with Crippen LogP contribution in [0.25, 0.3) is 0 Å². The SMILES string of the molecule is COC(=O)C(c1ccccc1F)N1CCC(S)/C(=C/CN2CCN(C(C)C(=O)O)C(=O)C2)C1.Cl.Cl. The van der Waals surface area contributed by atoms with E-state index in [0.717, 1.165) is 5.57 Å². The Kier molecular flexibility index (Phi) is 12.5. The number of carbonyl (C=O) groups excluding carboxylic acids is 2. The summed E-state index contributed by atoms with van der Waals surface area (Å²) in [5.74, 6) is -2.22. The van der Waals surface area contributed by atoms with Crippen LogP contribution in [0.3, 0.4) is 0 Å². The largest absolute Gasteiger partial charge is 0.480 e. The van der Waals surface area contributed by atoms with Gasteiger partial charge in [-0.15, -0.1) is 24.8 Å². The topological polar surface area (TPSA) is 90.4 Å². The lowest BCUT2D eigenvalue weighted by molar-refractivity contribution is -0.152. The zero-order chi connectivity index (χ0) is 24.1. The normalized spacial score (nSPS) is 22.1. The van der Waals surface area contributed by atoms with Gasteiger partial charge >= 0.3 is 11.9 Å². The monoisotopic (exact) mass is 551 g/mol. The Hall–Kier alpha value is -1.85. The van der Waals surface area contributed by atoms with Gasteiger partial charge in [0.2, 0.25) is 5.91 Å². The average Bonchev–Trinajstić information content (AvgIpc) is 2.80. The maximum Gasteiger partial charge on any atom is 0.327 e. The van der Waals surface area contributed by atoms with Gasteiger partial charge in [-0.3, -0.25) is 14.6 Å². The van der Waals surface area contributed by atoms with Gasteiger partial charge < -0.3 is 14.7 Å². The lowest BCUT2D eigenvalue weighted by Crippen LogP contribution is -2.55. The predicted octanol–water partition coefficient (Wildman–Crippen LogP) is 2.43. The highest BCUT2D eigenvalue weighted by Gasteiger charge is 2.35. The third-order valence-electron chi connectivity index (χ3n) is 6.27. The van der Waals surface area contributed by atoms with E-state index in [1.165, 1.54) is 25.0 Å². The third-order valence-corrected chi connectivity index (χ3v) is 6.86. The molecule has 0 bridgehead atoms. The molecule has 12 heteroatoms. The molecule has 0 saturated carbocycles. The number of aliphatic carboxylic acids is 1. The average molecular weight is 552 g/mol. The molecule has 35 heavy (non-hydrogen) atoms. The molecular weight excluding hydrogens is 520 g/mol. The molecule has 2 aliphatic heterocycles. The van der Waals surface area contributed by atoms with Crippen LogP contribution >= 0.6 is 37.4 Å². The Morgan fingerprint density at radius 2 is 1.91 bits per heavy atom. The van der Waals surface area contributed by atoms with Gasteiger partial charge in [-0.05, 0) is 25.0 Å². The fourth-order valence-corrected chi connectivity index (χ4v) is 4.58. The van der Waals surface area contributed by atoms with E-state index >= 15 is 0 Å². The van der Waals surface area contributed by atoms with Gasteiger partial charge in [0, 0.05) is 43.5 Å². The molecule has 8 nitrogen and oxygen atoms in total. The Morgan fingerprint density at radius 3 is 2.51 bits per heavy atom. The smallest absolute Gasteiger partial charge is 0.327 e. The highest BCUT2D eigenvalue weighted by atomic mass is 35.5. The number of nitrogens with zero attached hydrogens (tertiary/aromatic N) is 3. The van der Waals surface area contributed by atoms with E-state index in [9.17, 15) is 18.8 Å². The second-order valence-corrected chi connectivity index (χ2v) is 8.96. The Bertz CT molecular complexity index is 938. The number of piperazine rings is 1. The maximum atomic E-state index is 14.5. The summed E-state index contributed by atoms with van der Waals surface area (Å²) in [6.07, 6.45) is 2.68. The van der Waals surface area contributed by atoms with Gasteiger partial charge in [0.1, 0.15) is 17.9 Å². The first-order chi connectivity index (χ1) is 15.7. The van der Waals surface area contributed by atoms with Crippen LogP contribution in [0, 0.1) is 5.82 Å². The Labute approximate surface area is 222 Å². The van der Waals surface area contributed by atoms with Crippen LogP contribution in [-0.4, -0.2) is 95.3 Å². The van der Waals surface area contributed by atoms with Crippen molar-refractivity contribution in [2.24, 2.45) is 0 Å². The molecule has 3 rings (SSSR count). The van der Waals surface area contributed by atoms with Crippen LogP contribution in [0.1, 0.15) is 24.9 Å². The van der Waals surface area contributed by atoms with Crippen molar-refractivity contribution < 1.29 is 28.6 Å². The number of likely N-dealkylation sites (tertiary alicyclic amines) is 1. The van der Waals surface area contributed by atoms with Crippen molar-refractivity contribution >= 4 is 55.3 Å². The molecule has 0 aliphatic carbocycles. The zero-order valence-corrected chi connectivity index (χ0v) is 22.2. The number of benzene rings is 1. The van der Waals surface area contributed by atoms with Crippen molar-refractivity contribution in [2.75, 3.05) is 46.4 Å². The number of carboxylic acids is 1. The molecule has 2 saturated heterocycles. The molecular formula is C23H32Cl2FN3O5S. The van der Waals surface area contributed by atoms with Crippen LogP contribution in [0.4, 0.5) is 4.39 Å². The first-order valence-electron chi connectivity index (χ1n) is 10.9. The van der Waals surface area contributed by atoms with Gasteiger partial charge in [0.15, 0.2) is 0 Å². The number of amides is 1. The summed E-state index contributed by atoms with van der Waals surface area (Å²) in [6.45, 7) is 4.05. The number of esters is 1. The minimum atomic E-state index is -1.02. The van der Waals surface area contributed by atoms with Crippen molar-refractivity contribution in [1.82, 2.24) is 14.7 Å². The zero-order valence-electron chi connectivity index (χ0n) is 19.6. The Morgan fingerprint density at radius 1 is 1.23 bits per heavy atom. The predicted molar refractivity (Wildman–Crippen MR) is 138 cm³/mol. The number of carboxylic acid groups (broad SMARTS) is 1. The highest BCUT2D eigenvalue weighted by molar-refractivity contribution is 7.81. The van der Waals surface area contributed by atoms with Gasteiger partial charge in [0.25, 0.3) is 0 Å². The van der Waals surface area contributed by atoms with E-state index in [1.54, 1.807) is 18.2 Å². The van der Waals surface area contributed by atoms with Gasteiger partial charge in [-0.25, -0.2) is 14.0 Å². The van der Waals surface area contributed by atoms with Gasteiger partial charge in [-0.2, -0.15) is 12.6 Å². The minimum absolute atomic E-state index is 0. The molecule has 0 spiro atoms. The van der Waals surface area contributed by atoms with Crippen LogP contribution in [0.2, 0.25) is 0 Å². The highest BCUT2D eigenvalue weighted by Crippen LogP contribution is 2.31. The molecule has 1 amide bonds. The summed E-state index contributed by atoms with van der Waals surface area (Å²) < 4.78 is 19.5. The fraction of sp³-hybridized carbons (Fsp3) is 0.522. The third kappa shape index (κ3) is 7.57. The van der Waals surface area contributed by atoms with E-state index < -0.39 is 29.8 Å². The molecule has 1 aromatic rings. The van der Waals surface area contributed by atoms with E-state index in [-0.39, 0.29) is 48.1 Å². The summed E-state index contributed by atoms with van der Waals surface area (Å²) in [6, 6.07) is 4.49. The quantitative estimate of drug-likeness (QED) is 0.305. The molecule has 2 aliphatic rings. The van der Waals surface area contributed by atoms with Crippen molar-refractivity contribution in [3.63, 3.8) is 0 Å².